The van der Waals surface area contributed by atoms with Crippen LogP contribution in [-0.2, 0) is 15.8 Å². The summed E-state index contributed by atoms with van der Waals surface area (Å²) in [5, 5.41) is 13.8. The van der Waals surface area contributed by atoms with Crippen LogP contribution in [0, 0.1) is 6.92 Å². The summed E-state index contributed by atoms with van der Waals surface area (Å²) >= 11 is 6.15. The SMILES string of the molecule is COc1cc(C(=O)NCC(O)(c2cc3c(c(-c4ccc5c(c4)OC(F)(F)O5)n2)OC[C@]3(C(N)=O)C(F)F)C(F)(F)F)cc2cc(Cl)c(C)nc12. The Morgan fingerprint density at radius 2 is 1.80 bits per heavy atom. The maximum Gasteiger partial charge on any atom is 0.586 e. The van der Waals surface area contributed by atoms with E-state index in [-0.39, 0.29) is 27.3 Å². The van der Waals surface area contributed by atoms with Gasteiger partial charge in [-0.25, -0.2) is 18.7 Å². The van der Waals surface area contributed by atoms with Gasteiger partial charge in [0.1, 0.15) is 29.3 Å². The van der Waals surface area contributed by atoms with E-state index < -0.39 is 89.1 Å². The number of primary amides is 1. The molecule has 1 unspecified atom stereocenters. The van der Waals surface area contributed by atoms with Crippen LogP contribution in [0.3, 0.4) is 0 Å². The number of nitrogens with two attached hydrogens (primary N) is 1. The number of methoxy groups -OCH3 is 1. The molecule has 0 aliphatic carbocycles. The van der Waals surface area contributed by atoms with Gasteiger partial charge in [-0.05, 0) is 49.4 Å². The Morgan fingerprint density at radius 3 is 2.44 bits per heavy atom. The van der Waals surface area contributed by atoms with Gasteiger partial charge in [0.15, 0.2) is 16.9 Å². The fourth-order valence-corrected chi connectivity index (χ4v) is 5.68. The van der Waals surface area contributed by atoms with Gasteiger partial charge < -0.3 is 35.1 Å². The topological polar surface area (TPSA) is 155 Å². The number of nitrogens with zero attached hydrogens (tertiary/aromatic N) is 2. The van der Waals surface area contributed by atoms with Gasteiger partial charge in [0, 0.05) is 22.1 Å². The second-order valence-electron chi connectivity index (χ2n) is 11.3. The maximum atomic E-state index is 14.8. The first-order valence-corrected chi connectivity index (χ1v) is 14.6. The lowest BCUT2D eigenvalue weighted by atomic mass is 9.80. The van der Waals surface area contributed by atoms with Gasteiger partial charge in [-0.1, -0.05) is 11.6 Å². The second-order valence-corrected chi connectivity index (χ2v) is 11.7. The molecule has 0 radical (unpaired) electrons. The summed E-state index contributed by atoms with van der Waals surface area (Å²) in [6.07, 6.45) is -13.4. The summed E-state index contributed by atoms with van der Waals surface area (Å²) < 4.78 is 120. The van der Waals surface area contributed by atoms with Crippen molar-refractivity contribution >= 4 is 34.3 Å². The number of amides is 2. The number of aliphatic hydroxyl groups is 1. The van der Waals surface area contributed by atoms with E-state index in [0.717, 1.165) is 18.2 Å². The van der Waals surface area contributed by atoms with E-state index in [1.54, 1.807) is 6.92 Å². The zero-order valence-electron chi connectivity index (χ0n) is 25.4. The molecule has 2 aliphatic rings. The van der Waals surface area contributed by atoms with E-state index in [1.807, 2.05) is 5.32 Å². The lowest BCUT2D eigenvalue weighted by Gasteiger charge is -2.32. The maximum absolute atomic E-state index is 14.8. The summed E-state index contributed by atoms with van der Waals surface area (Å²) in [5.74, 6) is -4.47. The molecule has 6 rings (SSSR count). The number of alkyl halides is 7. The van der Waals surface area contributed by atoms with Gasteiger partial charge >= 0.3 is 12.5 Å². The molecule has 0 saturated heterocycles. The fourth-order valence-electron chi connectivity index (χ4n) is 5.52. The van der Waals surface area contributed by atoms with Crippen molar-refractivity contribution in [2.24, 2.45) is 5.73 Å². The normalized spacial score (nSPS) is 18.8. The summed E-state index contributed by atoms with van der Waals surface area (Å²) in [6, 6.07) is 7.08. The van der Waals surface area contributed by atoms with Crippen LogP contribution in [-0.4, -0.2) is 66.0 Å². The van der Waals surface area contributed by atoms with Crippen molar-refractivity contribution in [2.75, 3.05) is 20.3 Å². The van der Waals surface area contributed by atoms with Crippen molar-refractivity contribution in [2.45, 2.75) is 36.8 Å². The number of hydrogen-bond acceptors (Lipinski definition) is 9. The van der Waals surface area contributed by atoms with Crippen molar-refractivity contribution in [1.29, 1.82) is 0 Å². The molecule has 2 aromatic carbocycles. The molecule has 2 aromatic heterocycles. The summed E-state index contributed by atoms with van der Waals surface area (Å²) in [4.78, 5) is 33.9. The smallest absolute Gasteiger partial charge is 0.494 e. The van der Waals surface area contributed by atoms with Crippen LogP contribution >= 0.6 is 11.6 Å². The Hall–Kier alpha value is -5.10. The van der Waals surface area contributed by atoms with Crippen LogP contribution in [0.5, 0.6) is 23.0 Å². The summed E-state index contributed by atoms with van der Waals surface area (Å²) in [6.45, 7) is -1.16. The molecule has 2 amide bonds. The molecular weight excluding hydrogens is 709 g/mol. The van der Waals surface area contributed by atoms with Crippen LogP contribution in [0.15, 0.2) is 42.5 Å². The van der Waals surface area contributed by atoms with Crippen LogP contribution in [0.2, 0.25) is 5.02 Å². The van der Waals surface area contributed by atoms with Gasteiger partial charge in [-0.3, -0.25) is 9.59 Å². The van der Waals surface area contributed by atoms with Crippen molar-refractivity contribution in [3.63, 3.8) is 0 Å². The number of carbonyl (C=O) groups excluding carboxylic acids is 2. The van der Waals surface area contributed by atoms with Crippen molar-refractivity contribution in [1.82, 2.24) is 15.3 Å². The number of halogens is 8. The molecule has 0 fully saturated rings. The Bertz CT molecular complexity index is 2080. The Kier molecular flexibility index (Phi) is 8.17. The molecule has 19 heteroatoms. The zero-order valence-corrected chi connectivity index (χ0v) is 26.2. The largest absolute Gasteiger partial charge is 0.586 e. The molecule has 0 saturated carbocycles. The highest BCUT2D eigenvalue weighted by Gasteiger charge is 2.60. The molecule has 264 valence electrons. The number of fused-ring (bicyclic) bond motifs is 3. The van der Waals surface area contributed by atoms with Gasteiger partial charge in [0.2, 0.25) is 11.5 Å². The summed E-state index contributed by atoms with van der Waals surface area (Å²) in [5.41, 5.74) is -4.58. The van der Waals surface area contributed by atoms with E-state index in [2.05, 4.69) is 19.4 Å². The quantitative estimate of drug-likeness (QED) is 0.209. The third-order valence-electron chi connectivity index (χ3n) is 8.28. The number of hydrogen-bond donors (Lipinski definition) is 3. The molecule has 0 bridgehead atoms. The Labute approximate surface area is 281 Å². The van der Waals surface area contributed by atoms with Gasteiger partial charge in [-0.15, -0.1) is 8.78 Å². The highest BCUT2D eigenvalue weighted by Crippen LogP contribution is 2.51. The molecule has 0 spiro atoms. The van der Waals surface area contributed by atoms with Crippen molar-refractivity contribution in [3.8, 4) is 34.3 Å². The molecule has 2 atom stereocenters. The van der Waals surface area contributed by atoms with Crippen molar-refractivity contribution < 1.29 is 64.4 Å². The van der Waals surface area contributed by atoms with Crippen LogP contribution < -0.4 is 30.0 Å². The average Bonchev–Trinajstić information content (AvgIpc) is 3.59. The summed E-state index contributed by atoms with van der Waals surface area (Å²) in [7, 11) is 1.27. The Balaban J connectivity index is 1.46. The minimum Gasteiger partial charge on any atom is -0.494 e. The van der Waals surface area contributed by atoms with Crippen LogP contribution in [0.4, 0.5) is 30.7 Å². The van der Waals surface area contributed by atoms with E-state index in [0.29, 0.717) is 17.3 Å². The predicted octanol–water partition coefficient (Wildman–Crippen LogP) is 5.15. The molecular formula is C31H22ClF7N4O7. The first-order valence-electron chi connectivity index (χ1n) is 14.2. The van der Waals surface area contributed by atoms with Crippen molar-refractivity contribution in [3.05, 3.63) is 70.0 Å². The van der Waals surface area contributed by atoms with Crippen LogP contribution in [0.25, 0.3) is 22.2 Å². The number of nitrogens with one attached hydrogen (secondary N) is 1. The number of rotatable bonds is 8. The molecule has 11 nitrogen and oxygen atoms in total. The number of aromatic nitrogens is 2. The van der Waals surface area contributed by atoms with E-state index in [9.17, 15) is 45.4 Å². The number of ether oxygens (including phenoxy) is 4. The lowest BCUT2D eigenvalue weighted by molar-refractivity contribution is -0.286. The fraction of sp³-hybridized carbons (Fsp3) is 0.290. The molecule has 50 heavy (non-hydrogen) atoms. The molecule has 4 N–H and O–H groups in total. The highest BCUT2D eigenvalue weighted by molar-refractivity contribution is 6.31. The van der Waals surface area contributed by atoms with Gasteiger partial charge in [-0.2, -0.15) is 13.2 Å². The van der Waals surface area contributed by atoms with Crippen LogP contribution in [0.1, 0.15) is 27.3 Å². The van der Waals surface area contributed by atoms with E-state index in [4.69, 9.17) is 26.8 Å². The number of carbonyl (C=O) groups is 2. The first-order chi connectivity index (χ1) is 23.3. The minimum absolute atomic E-state index is 0.0692. The number of benzene rings is 2. The average molecular weight is 731 g/mol. The zero-order chi connectivity index (χ0) is 36.6. The number of aryl methyl sites for hydroxylation is 1. The molecule has 2 aliphatic heterocycles. The monoisotopic (exact) mass is 730 g/mol. The number of pyridine rings is 2. The van der Waals surface area contributed by atoms with E-state index in [1.165, 1.54) is 25.3 Å². The predicted molar refractivity (Wildman–Crippen MR) is 159 cm³/mol. The first kappa shape index (κ1) is 34.8. The van der Waals surface area contributed by atoms with Gasteiger partial charge in [0.25, 0.3) is 12.3 Å². The Morgan fingerprint density at radius 1 is 1.10 bits per heavy atom. The highest BCUT2D eigenvalue weighted by atomic mass is 35.5. The third kappa shape index (κ3) is 5.51. The van der Waals surface area contributed by atoms with E-state index >= 15 is 0 Å². The standard InChI is InChI=1S/C31H22ClF7N4O7/c1-12-17(32)6-14-5-15(8-20(47-2)22(14)42-12)25(44)41-10-29(46,30(35,36)37)21-9-16-24(48-11-28(16,26(33)34)27(40)45)23(43-21)13-3-4-18-19(7-13)50-31(38,39)49-18/h3-9,26,46H,10-11H2,1-2H3,(H2,40,45)(H,41,44)/t28-,29?/m1/s1. The third-order valence-corrected chi connectivity index (χ3v) is 8.66. The second kappa shape index (κ2) is 11.8. The molecule has 4 heterocycles. The lowest BCUT2D eigenvalue weighted by Crippen LogP contribution is -2.52. The minimum atomic E-state index is -5.66. The molecule has 4 aromatic rings. The van der Waals surface area contributed by atoms with Gasteiger partial charge in [0.05, 0.1) is 30.1 Å².